The van der Waals surface area contributed by atoms with Gasteiger partial charge in [0.15, 0.2) is 0 Å². The number of hydrogen-bond donors (Lipinski definition) is 2. The van der Waals surface area contributed by atoms with E-state index in [1.54, 1.807) is 31.4 Å². The van der Waals surface area contributed by atoms with Crippen LogP contribution in [-0.4, -0.2) is 18.2 Å². The largest absolute Gasteiger partial charge is 0.497 e. The van der Waals surface area contributed by atoms with Crippen molar-refractivity contribution >= 4 is 5.97 Å². The molecule has 0 fully saturated rings. The first-order chi connectivity index (χ1) is 6.48. The van der Waals surface area contributed by atoms with E-state index in [1.165, 1.54) is 6.92 Å². The first-order valence-electron chi connectivity index (χ1n) is 4.15. The van der Waals surface area contributed by atoms with Crippen LogP contribution in [0.15, 0.2) is 24.3 Å². The summed E-state index contributed by atoms with van der Waals surface area (Å²) in [5, 5.41) is 8.86. The van der Waals surface area contributed by atoms with Crippen LogP contribution in [0, 0.1) is 0 Å². The number of carboxylic acids is 1. The van der Waals surface area contributed by atoms with E-state index in [1.807, 2.05) is 0 Å². The molecule has 76 valence electrons. The van der Waals surface area contributed by atoms with Gasteiger partial charge in [0.05, 0.1) is 7.11 Å². The van der Waals surface area contributed by atoms with Crippen molar-refractivity contribution in [2.45, 2.75) is 12.5 Å². The highest BCUT2D eigenvalue weighted by molar-refractivity contribution is 5.79. The number of carboxylic acid groups (broad SMARTS) is 1. The van der Waals surface area contributed by atoms with Gasteiger partial charge < -0.3 is 15.6 Å². The van der Waals surface area contributed by atoms with Crippen molar-refractivity contribution < 1.29 is 14.6 Å². The molecule has 0 radical (unpaired) electrons. The van der Waals surface area contributed by atoms with Crippen molar-refractivity contribution in [1.29, 1.82) is 0 Å². The lowest BCUT2D eigenvalue weighted by Gasteiger charge is -2.19. The van der Waals surface area contributed by atoms with E-state index >= 15 is 0 Å². The molecule has 3 N–H and O–H groups in total. The van der Waals surface area contributed by atoms with E-state index in [9.17, 15) is 4.79 Å². The molecular weight excluding hydrogens is 182 g/mol. The molecule has 1 aromatic rings. The van der Waals surface area contributed by atoms with Gasteiger partial charge in [-0.05, 0) is 24.6 Å². The van der Waals surface area contributed by atoms with E-state index in [0.29, 0.717) is 11.3 Å². The van der Waals surface area contributed by atoms with E-state index in [4.69, 9.17) is 15.6 Å². The molecule has 0 aliphatic heterocycles. The van der Waals surface area contributed by atoms with Crippen molar-refractivity contribution in [2.24, 2.45) is 5.73 Å². The summed E-state index contributed by atoms with van der Waals surface area (Å²) < 4.78 is 4.95. The van der Waals surface area contributed by atoms with Crippen LogP contribution >= 0.6 is 0 Å². The van der Waals surface area contributed by atoms with Crippen LogP contribution < -0.4 is 10.5 Å². The SMILES string of the molecule is COc1ccc(C(C)(N)C(=O)O)cc1. The van der Waals surface area contributed by atoms with Crippen LogP contribution in [0.3, 0.4) is 0 Å². The molecule has 0 heterocycles. The zero-order valence-corrected chi connectivity index (χ0v) is 8.15. The van der Waals surface area contributed by atoms with Crippen LogP contribution in [0.25, 0.3) is 0 Å². The van der Waals surface area contributed by atoms with Crippen molar-refractivity contribution in [2.75, 3.05) is 7.11 Å². The monoisotopic (exact) mass is 195 g/mol. The molecule has 14 heavy (non-hydrogen) atoms. The predicted octanol–water partition coefficient (Wildman–Crippen LogP) is 0.954. The van der Waals surface area contributed by atoms with Gasteiger partial charge in [-0.25, -0.2) is 4.79 Å². The Morgan fingerprint density at radius 1 is 1.43 bits per heavy atom. The minimum atomic E-state index is -1.35. The topological polar surface area (TPSA) is 72.5 Å². The zero-order chi connectivity index (χ0) is 10.8. The van der Waals surface area contributed by atoms with Crippen molar-refractivity contribution in [3.05, 3.63) is 29.8 Å². The molecule has 0 saturated carbocycles. The molecule has 0 spiro atoms. The van der Waals surface area contributed by atoms with Gasteiger partial charge in [0, 0.05) is 0 Å². The summed E-state index contributed by atoms with van der Waals surface area (Å²) in [5.41, 5.74) is 4.82. The standard InChI is InChI=1S/C10H13NO3/c1-10(11,9(12)13)7-3-5-8(14-2)6-4-7/h3-6H,11H2,1-2H3,(H,12,13). The van der Waals surface area contributed by atoms with Gasteiger partial charge >= 0.3 is 5.97 Å². The number of aliphatic carboxylic acids is 1. The molecule has 4 nitrogen and oxygen atoms in total. The fourth-order valence-corrected chi connectivity index (χ4v) is 1.06. The maximum Gasteiger partial charge on any atom is 0.328 e. The molecule has 0 aromatic heterocycles. The quantitative estimate of drug-likeness (QED) is 0.753. The molecule has 4 heteroatoms. The Hall–Kier alpha value is -1.55. The van der Waals surface area contributed by atoms with Crippen LogP contribution in [0.5, 0.6) is 5.75 Å². The number of carbonyl (C=O) groups is 1. The van der Waals surface area contributed by atoms with Gasteiger partial charge in [-0.1, -0.05) is 12.1 Å². The molecule has 0 saturated heterocycles. The highest BCUT2D eigenvalue weighted by atomic mass is 16.5. The van der Waals surface area contributed by atoms with E-state index in [2.05, 4.69) is 0 Å². The minimum absolute atomic E-state index is 0.547. The number of nitrogens with two attached hydrogens (primary N) is 1. The van der Waals surface area contributed by atoms with Crippen molar-refractivity contribution in [1.82, 2.24) is 0 Å². The van der Waals surface area contributed by atoms with Crippen molar-refractivity contribution in [3.63, 3.8) is 0 Å². The molecular formula is C10H13NO3. The fourth-order valence-electron chi connectivity index (χ4n) is 1.06. The average molecular weight is 195 g/mol. The summed E-state index contributed by atoms with van der Waals surface area (Å²) >= 11 is 0. The van der Waals surface area contributed by atoms with Gasteiger partial charge in [0.25, 0.3) is 0 Å². The first kappa shape index (κ1) is 10.5. The lowest BCUT2D eigenvalue weighted by atomic mass is 9.93. The lowest BCUT2D eigenvalue weighted by molar-refractivity contribution is -0.143. The molecule has 0 aliphatic carbocycles. The second-order valence-corrected chi connectivity index (χ2v) is 3.24. The Morgan fingerprint density at radius 3 is 2.29 bits per heavy atom. The molecule has 1 rings (SSSR count). The van der Waals surface area contributed by atoms with E-state index < -0.39 is 11.5 Å². The van der Waals surface area contributed by atoms with E-state index in [0.717, 1.165) is 0 Å². The smallest absolute Gasteiger partial charge is 0.328 e. The van der Waals surface area contributed by atoms with Gasteiger partial charge in [0.1, 0.15) is 11.3 Å². The van der Waals surface area contributed by atoms with Gasteiger partial charge in [-0.15, -0.1) is 0 Å². The highest BCUT2D eigenvalue weighted by Crippen LogP contribution is 2.20. The lowest BCUT2D eigenvalue weighted by Crippen LogP contribution is -2.41. The van der Waals surface area contributed by atoms with Crippen LogP contribution in [0.4, 0.5) is 0 Å². The zero-order valence-electron chi connectivity index (χ0n) is 8.15. The normalized spacial score (nSPS) is 14.5. The summed E-state index contributed by atoms with van der Waals surface area (Å²) in [6.45, 7) is 1.46. The average Bonchev–Trinajstić information content (AvgIpc) is 2.17. The summed E-state index contributed by atoms with van der Waals surface area (Å²) in [7, 11) is 1.55. The van der Waals surface area contributed by atoms with E-state index in [-0.39, 0.29) is 0 Å². The van der Waals surface area contributed by atoms with Gasteiger partial charge in [-0.3, -0.25) is 0 Å². The maximum absolute atomic E-state index is 10.8. The summed E-state index contributed by atoms with van der Waals surface area (Å²) in [5.74, 6) is -0.377. The highest BCUT2D eigenvalue weighted by Gasteiger charge is 2.29. The number of hydrogen-bond acceptors (Lipinski definition) is 3. The molecule has 0 bridgehead atoms. The number of ether oxygens (including phenoxy) is 1. The second kappa shape index (κ2) is 3.67. The third kappa shape index (κ3) is 1.85. The van der Waals surface area contributed by atoms with Crippen LogP contribution in [0.1, 0.15) is 12.5 Å². The molecule has 1 atom stereocenters. The molecule has 0 amide bonds. The molecule has 1 unspecified atom stereocenters. The Balaban J connectivity index is 3.02. The van der Waals surface area contributed by atoms with Crippen LogP contribution in [-0.2, 0) is 10.3 Å². The number of benzene rings is 1. The maximum atomic E-state index is 10.8. The summed E-state index contributed by atoms with van der Waals surface area (Å²) in [6.07, 6.45) is 0. The Morgan fingerprint density at radius 2 is 1.93 bits per heavy atom. The second-order valence-electron chi connectivity index (χ2n) is 3.24. The summed E-state index contributed by atoms with van der Waals surface area (Å²) in [4.78, 5) is 10.8. The minimum Gasteiger partial charge on any atom is -0.497 e. The number of methoxy groups -OCH3 is 1. The summed E-state index contributed by atoms with van der Waals surface area (Å²) in [6, 6.07) is 6.66. The molecule has 1 aromatic carbocycles. The van der Waals surface area contributed by atoms with Gasteiger partial charge in [-0.2, -0.15) is 0 Å². The number of rotatable bonds is 3. The molecule has 0 aliphatic rings. The Labute approximate surface area is 82.3 Å². The third-order valence-corrected chi connectivity index (χ3v) is 2.13. The Bertz CT molecular complexity index is 330. The van der Waals surface area contributed by atoms with Crippen LogP contribution in [0.2, 0.25) is 0 Å². The third-order valence-electron chi connectivity index (χ3n) is 2.13. The predicted molar refractivity (Wildman–Crippen MR) is 52.2 cm³/mol. The first-order valence-corrected chi connectivity index (χ1v) is 4.15. The Kier molecular flexibility index (Phi) is 2.76. The van der Waals surface area contributed by atoms with Gasteiger partial charge in [0.2, 0.25) is 0 Å². The van der Waals surface area contributed by atoms with Crippen molar-refractivity contribution in [3.8, 4) is 5.75 Å². The fraction of sp³-hybridized carbons (Fsp3) is 0.300.